The van der Waals surface area contributed by atoms with Gasteiger partial charge in [0.05, 0.1) is 0 Å². The third-order valence-corrected chi connectivity index (χ3v) is 3.90. The van der Waals surface area contributed by atoms with Crippen molar-refractivity contribution in [2.75, 3.05) is 6.26 Å². The second kappa shape index (κ2) is 7.19. The molecule has 0 heterocycles. The molecule has 2 atom stereocenters. The second-order valence-electron chi connectivity index (χ2n) is 4.47. The molecular formula is C14H20N2O2S. The molecule has 0 saturated carbocycles. The minimum atomic E-state index is -0.627. The Balaban J connectivity index is 2.78. The number of nitrogens with two attached hydrogens (primary N) is 1. The third-order valence-electron chi connectivity index (χ3n) is 3.16. The lowest BCUT2D eigenvalue weighted by atomic mass is 9.98. The first-order valence-corrected chi connectivity index (χ1v) is 7.46. The zero-order valence-electron chi connectivity index (χ0n) is 11.5. The van der Waals surface area contributed by atoms with E-state index < -0.39 is 11.9 Å². The summed E-state index contributed by atoms with van der Waals surface area (Å²) < 4.78 is 0. The van der Waals surface area contributed by atoms with Crippen LogP contribution in [-0.2, 0) is 4.79 Å². The van der Waals surface area contributed by atoms with E-state index in [1.807, 2.05) is 32.2 Å². The van der Waals surface area contributed by atoms with Gasteiger partial charge in [-0.25, -0.2) is 0 Å². The van der Waals surface area contributed by atoms with Gasteiger partial charge in [0, 0.05) is 10.5 Å². The molecule has 1 aromatic rings. The summed E-state index contributed by atoms with van der Waals surface area (Å²) in [5.41, 5.74) is 5.86. The molecule has 5 heteroatoms. The van der Waals surface area contributed by atoms with Gasteiger partial charge in [0.25, 0.3) is 5.91 Å². The van der Waals surface area contributed by atoms with Crippen LogP contribution in [0.1, 0.15) is 30.6 Å². The molecular weight excluding hydrogens is 260 g/mol. The fraction of sp³-hybridized carbons (Fsp3) is 0.429. The average Bonchev–Trinajstić information content (AvgIpc) is 2.43. The number of nitrogens with one attached hydrogen (secondary N) is 1. The molecule has 2 unspecified atom stereocenters. The van der Waals surface area contributed by atoms with E-state index in [4.69, 9.17) is 5.73 Å². The maximum absolute atomic E-state index is 12.1. The van der Waals surface area contributed by atoms with E-state index in [1.54, 1.807) is 23.9 Å². The quantitative estimate of drug-likeness (QED) is 0.783. The molecule has 0 fully saturated rings. The lowest BCUT2D eigenvalue weighted by molar-refractivity contribution is -0.120. The van der Waals surface area contributed by atoms with Crippen LogP contribution in [0.25, 0.3) is 0 Å². The van der Waals surface area contributed by atoms with Crippen molar-refractivity contribution in [1.29, 1.82) is 0 Å². The van der Waals surface area contributed by atoms with Crippen LogP contribution in [-0.4, -0.2) is 24.1 Å². The molecule has 2 amide bonds. The molecule has 0 aliphatic rings. The molecule has 0 bridgehead atoms. The fourth-order valence-corrected chi connectivity index (χ4v) is 2.10. The highest BCUT2D eigenvalue weighted by atomic mass is 32.2. The average molecular weight is 280 g/mol. The van der Waals surface area contributed by atoms with Gasteiger partial charge in [0.1, 0.15) is 6.04 Å². The third kappa shape index (κ3) is 4.28. The first-order valence-electron chi connectivity index (χ1n) is 6.23. The summed E-state index contributed by atoms with van der Waals surface area (Å²) in [6.07, 6.45) is 2.75. The standard InChI is InChI=1S/C14H20N2O2S/c1-4-9(2)12(13(15)17)16-14(18)10-5-7-11(19-3)8-6-10/h5-9,12H,4H2,1-3H3,(H2,15,17)(H,16,18). The minimum Gasteiger partial charge on any atom is -0.368 e. The van der Waals surface area contributed by atoms with Crippen LogP contribution in [0.4, 0.5) is 0 Å². The highest BCUT2D eigenvalue weighted by molar-refractivity contribution is 7.98. The largest absolute Gasteiger partial charge is 0.368 e. The Bertz CT molecular complexity index is 445. The summed E-state index contributed by atoms with van der Waals surface area (Å²) in [4.78, 5) is 24.5. The van der Waals surface area contributed by atoms with Crippen molar-refractivity contribution in [2.45, 2.75) is 31.2 Å². The van der Waals surface area contributed by atoms with Gasteiger partial charge in [-0.1, -0.05) is 20.3 Å². The SMILES string of the molecule is CCC(C)C(NC(=O)c1ccc(SC)cc1)C(N)=O. The van der Waals surface area contributed by atoms with Gasteiger partial charge in [-0.05, 0) is 36.4 Å². The molecule has 0 spiro atoms. The normalized spacial score (nSPS) is 13.6. The summed E-state index contributed by atoms with van der Waals surface area (Å²) in [6, 6.07) is 6.62. The van der Waals surface area contributed by atoms with Crippen LogP contribution >= 0.6 is 11.8 Å². The van der Waals surface area contributed by atoms with Crippen LogP contribution in [0.5, 0.6) is 0 Å². The van der Waals surface area contributed by atoms with Crippen molar-refractivity contribution in [2.24, 2.45) is 11.7 Å². The highest BCUT2D eigenvalue weighted by Crippen LogP contribution is 2.15. The Morgan fingerprint density at radius 2 is 1.89 bits per heavy atom. The van der Waals surface area contributed by atoms with Gasteiger partial charge in [0.15, 0.2) is 0 Å². The van der Waals surface area contributed by atoms with Gasteiger partial charge >= 0.3 is 0 Å². The molecule has 3 N–H and O–H groups in total. The number of thioether (sulfide) groups is 1. The van der Waals surface area contributed by atoms with E-state index in [-0.39, 0.29) is 11.8 Å². The molecule has 4 nitrogen and oxygen atoms in total. The second-order valence-corrected chi connectivity index (χ2v) is 5.35. The molecule has 1 aromatic carbocycles. The predicted molar refractivity (Wildman–Crippen MR) is 78.1 cm³/mol. The number of rotatable bonds is 6. The van der Waals surface area contributed by atoms with Crippen LogP contribution in [0.3, 0.4) is 0 Å². The summed E-state index contributed by atoms with van der Waals surface area (Å²) >= 11 is 1.61. The number of carbonyl (C=O) groups excluding carboxylic acids is 2. The molecule has 1 rings (SSSR count). The minimum absolute atomic E-state index is 0.0203. The topological polar surface area (TPSA) is 72.2 Å². The Labute approximate surface area is 118 Å². The van der Waals surface area contributed by atoms with Crippen LogP contribution in [0.15, 0.2) is 29.2 Å². The zero-order chi connectivity index (χ0) is 14.4. The molecule has 0 aromatic heterocycles. The van der Waals surface area contributed by atoms with Crippen molar-refractivity contribution >= 4 is 23.6 Å². The fourth-order valence-electron chi connectivity index (χ4n) is 1.70. The predicted octanol–water partition coefficient (Wildman–Crippen LogP) is 2.04. The molecule has 0 aliphatic heterocycles. The van der Waals surface area contributed by atoms with Crippen molar-refractivity contribution in [1.82, 2.24) is 5.32 Å². The highest BCUT2D eigenvalue weighted by Gasteiger charge is 2.23. The summed E-state index contributed by atoms with van der Waals surface area (Å²) in [5.74, 6) is -0.743. The van der Waals surface area contributed by atoms with Crippen LogP contribution in [0.2, 0.25) is 0 Å². The maximum atomic E-state index is 12.1. The van der Waals surface area contributed by atoms with E-state index in [2.05, 4.69) is 5.32 Å². The molecule has 0 aliphatic carbocycles. The number of hydrogen-bond donors (Lipinski definition) is 2. The van der Waals surface area contributed by atoms with E-state index >= 15 is 0 Å². The lowest BCUT2D eigenvalue weighted by Crippen LogP contribution is -2.48. The van der Waals surface area contributed by atoms with Crippen molar-refractivity contribution in [3.63, 3.8) is 0 Å². The van der Waals surface area contributed by atoms with Gasteiger partial charge < -0.3 is 11.1 Å². The first kappa shape index (κ1) is 15.6. The van der Waals surface area contributed by atoms with E-state index in [0.717, 1.165) is 11.3 Å². The Hall–Kier alpha value is -1.49. The van der Waals surface area contributed by atoms with Crippen LogP contribution in [0, 0.1) is 5.92 Å². The Kier molecular flexibility index (Phi) is 5.89. The summed E-state index contributed by atoms with van der Waals surface area (Å²) in [7, 11) is 0. The maximum Gasteiger partial charge on any atom is 0.251 e. The first-order chi connectivity index (χ1) is 8.99. The number of hydrogen-bond acceptors (Lipinski definition) is 3. The van der Waals surface area contributed by atoms with Gasteiger partial charge in [-0.2, -0.15) is 0 Å². The number of primary amides is 1. The van der Waals surface area contributed by atoms with Crippen molar-refractivity contribution < 1.29 is 9.59 Å². The van der Waals surface area contributed by atoms with Crippen LogP contribution < -0.4 is 11.1 Å². The zero-order valence-corrected chi connectivity index (χ0v) is 12.3. The van der Waals surface area contributed by atoms with Gasteiger partial charge in [-0.15, -0.1) is 11.8 Å². The monoisotopic (exact) mass is 280 g/mol. The van der Waals surface area contributed by atoms with Crippen molar-refractivity contribution in [3.05, 3.63) is 29.8 Å². The number of carbonyl (C=O) groups is 2. The molecule has 104 valence electrons. The number of amides is 2. The van der Waals surface area contributed by atoms with E-state index in [9.17, 15) is 9.59 Å². The van der Waals surface area contributed by atoms with Gasteiger partial charge in [0.2, 0.25) is 5.91 Å². The molecule has 0 radical (unpaired) electrons. The van der Waals surface area contributed by atoms with E-state index in [0.29, 0.717) is 5.56 Å². The smallest absolute Gasteiger partial charge is 0.251 e. The van der Waals surface area contributed by atoms with Crippen molar-refractivity contribution in [3.8, 4) is 0 Å². The molecule has 0 saturated heterocycles. The summed E-state index contributed by atoms with van der Waals surface area (Å²) in [5, 5.41) is 2.70. The van der Waals surface area contributed by atoms with Gasteiger partial charge in [-0.3, -0.25) is 9.59 Å². The summed E-state index contributed by atoms with van der Waals surface area (Å²) in [6.45, 7) is 3.85. The lowest BCUT2D eigenvalue weighted by Gasteiger charge is -2.21. The number of benzene rings is 1. The molecule has 19 heavy (non-hydrogen) atoms. The Morgan fingerprint density at radius 3 is 2.32 bits per heavy atom. The van der Waals surface area contributed by atoms with E-state index in [1.165, 1.54) is 0 Å². The Morgan fingerprint density at radius 1 is 1.32 bits per heavy atom.